The maximum Gasteiger partial charge on any atom is 0.325 e. The van der Waals surface area contributed by atoms with Gasteiger partial charge in [-0.05, 0) is 30.9 Å². The SMILES string of the molecule is CN(Cc1ccccc1Cl)C(=O)CCCN1C(=O)NC2(CCCC2)C1=O. The Hall–Kier alpha value is -2.08. The van der Waals surface area contributed by atoms with Crippen molar-refractivity contribution in [2.75, 3.05) is 13.6 Å². The van der Waals surface area contributed by atoms with E-state index in [0.717, 1.165) is 18.4 Å². The summed E-state index contributed by atoms with van der Waals surface area (Å²) in [6, 6.07) is 7.10. The van der Waals surface area contributed by atoms with Crippen molar-refractivity contribution in [3.63, 3.8) is 0 Å². The van der Waals surface area contributed by atoms with Crippen LogP contribution in [0.2, 0.25) is 5.02 Å². The van der Waals surface area contributed by atoms with Crippen molar-refractivity contribution in [3.8, 4) is 0 Å². The van der Waals surface area contributed by atoms with Crippen molar-refractivity contribution in [1.82, 2.24) is 15.1 Å². The van der Waals surface area contributed by atoms with Gasteiger partial charge in [0, 0.05) is 31.6 Å². The Morgan fingerprint density at radius 1 is 1.27 bits per heavy atom. The summed E-state index contributed by atoms with van der Waals surface area (Å²) in [5, 5.41) is 3.49. The molecule has 1 saturated carbocycles. The number of rotatable bonds is 6. The quantitative estimate of drug-likeness (QED) is 0.775. The number of imide groups is 1. The molecule has 1 aliphatic carbocycles. The Morgan fingerprint density at radius 2 is 1.96 bits per heavy atom. The molecule has 1 heterocycles. The lowest BCUT2D eigenvalue weighted by molar-refractivity contribution is -0.133. The second-order valence-electron chi connectivity index (χ2n) is 7.12. The molecule has 1 N–H and O–H groups in total. The molecule has 140 valence electrons. The number of carbonyl (C=O) groups is 3. The lowest BCUT2D eigenvalue weighted by Crippen LogP contribution is -2.44. The number of nitrogens with zero attached hydrogens (tertiary/aromatic N) is 2. The summed E-state index contributed by atoms with van der Waals surface area (Å²) in [7, 11) is 1.73. The van der Waals surface area contributed by atoms with Crippen LogP contribution in [0.4, 0.5) is 4.79 Å². The Balaban J connectivity index is 1.48. The molecule has 0 atom stereocenters. The van der Waals surface area contributed by atoms with Gasteiger partial charge < -0.3 is 10.2 Å². The van der Waals surface area contributed by atoms with Gasteiger partial charge in [0.25, 0.3) is 5.91 Å². The first-order chi connectivity index (χ1) is 12.4. The second-order valence-corrected chi connectivity index (χ2v) is 7.53. The van der Waals surface area contributed by atoms with Crippen LogP contribution in [0.3, 0.4) is 0 Å². The highest BCUT2D eigenvalue weighted by Gasteiger charge is 2.52. The van der Waals surface area contributed by atoms with E-state index in [2.05, 4.69) is 5.32 Å². The van der Waals surface area contributed by atoms with Crippen molar-refractivity contribution >= 4 is 29.4 Å². The monoisotopic (exact) mass is 377 g/mol. The number of hydrogen-bond acceptors (Lipinski definition) is 3. The van der Waals surface area contributed by atoms with E-state index in [-0.39, 0.29) is 30.8 Å². The molecule has 26 heavy (non-hydrogen) atoms. The van der Waals surface area contributed by atoms with Gasteiger partial charge in [0.15, 0.2) is 0 Å². The number of halogens is 1. The lowest BCUT2D eigenvalue weighted by Gasteiger charge is -2.20. The predicted molar refractivity (Wildman–Crippen MR) is 98.6 cm³/mol. The average molecular weight is 378 g/mol. The van der Waals surface area contributed by atoms with E-state index in [1.165, 1.54) is 4.90 Å². The van der Waals surface area contributed by atoms with Gasteiger partial charge in [-0.25, -0.2) is 4.79 Å². The largest absolute Gasteiger partial charge is 0.341 e. The molecule has 6 nitrogen and oxygen atoms in total. The van der Waals surface area contributed by atoms with Gasteiger partial charge in [0.2, 0.25) is 5.91 Å². The van der Waals surface area contributed by atoms with Gasteiger partial charge >= 0.3 is 6.03 Å². The van der Waals surface area contributed by atoms with Crippen LogP contribution in [0.25, 0.3) is 0 Å². The van der Waals surface area contributed by atoms with Gasteiger partial charge in [-0.15, -0.1) is 0 Å². The molecular formula is C19H24ClN3O3. The number of hydrogen-bond donors (Lipinski definition) is 1. The van der Waals surface area contributed by atoms with E-state index >= 15 is 0 Å². The van der Waals surface area contributed by atoms with Crippen molar-refractivity contribution in [2.45, 2.75) is 50.6 Å². The molecule has 2 fully saturated rings. The molecule has 1 aliphatic heterocycles. The molecule has 1 saturated heterocycles. The molecule has 0 unspecified atom stereocenters. The minimum atomic E-state index is -0.679. The highest BCUT2D eigenvalue weighted by molar-refractivity contribution is 6.31. The molecule has 1 aromatic rings. The molecular weight excluding hydrogens is 354 g/mol. The molecule has 0 aromatic heterocycles. The second kappa shape index (κ2) is 7.66. The van der Waals surface area contributed by atoms with Gasteiger partial charge in [-0.2, -0.15) is 0 Å². The molecule has 0 bridgehead atoms. The topological polar surface area (TPSA) is 69.7 Å². The van der Waals surface area contributed by atoms with Crippen molar-refractivity contribution < 1.29 is 14.4 Å². The highest BCUT2D eigenvalue weighted by atomic mass is 35.5. The summed E-state index contributed by atoms with van der Waals surface area (Å²) in [5.41, 5.74) is 0.212. The Morgan fingerprint density at radius 3 is 2.65 bits per heavy atom. The van der Waals surface area contributed by atoms with E-state index in [0.29, 0.717) is 30.8 Å². The molecule has 4 amide bonds. The van der Waals surface area contributed by atoms with E-state index < -0.39 is 5.54 Å². The summed E-state index contributed by atoms with van der Waals surface area (Å²) in [6.45, 7) is 0.711. The first-order valence-corrected chi connectivity index (χ1v) is 9.42. The molecule has 1 aromatic carbocycles. The third-order valence-electron chi connectivity index (χ3n) is 5.27. The van der Waals surface area contributed by atoms with Gasteiger partial charge in [0.05, 0.1) is 0 Å². The maximum atomic E-state index is 12.6. The Kier molecular flexibility index (Phi) is 5.51. The predicted octanol–water partition coefficient (Wildman–Crippen LogP) is 2.94. The number of urea groups is 1. The summed E-state index contributed by atoms with van der Waals surface area (Å²) < 4.78 is 0. The standard InChI is InChI=1S/C19H24ClN3O3/c1-22(13-14-7-2-3-8-15(14)20)16(24)9-6-12-23-17(25)19(21-18(23)26)10-4-5-11-19/h2-3,7-8H,4-6,9-13H2,1H3,(H,21,26). The number of amides is 4. The number of benzene rings is 1. The highest BCUT2D eigenvalue weighted by Crippen LogP contribution is 2.35. The van der Waals surface area contributed by atoms with Crippen LogP contribution in [-0.2, 0) is 16.1 Å². The van der Waals surface area contributed by atoms with Crippen LogP contribution < -0.4 is 5.32 Å². The van der Waals surface area contributed by atoms with Crippen LogP contribution in [0.15, 0.2) is 24.3 Å². The zero-order chi connectivity index (χ0) is 18.7. The summed E-state index contributed by atoms with van der Waals surface area (Å²) in [5.74, 6) is -0.163. The first-order valence-electron chi connectivity index (χ1n) is 9.04. The number of carbonyl (C=O) groups excluding carboxylic acids is 3. The van der Waals surface area contributed by atoms with Crippen molar-refractivity contribution in [3.05, 3.63) is 34.9 Å². The fourth-order valence-corrected chi connectivity index (χ4v) is 3.94. The zero-order valence-electron chi connectivity index (χ0n) is 15.0. The van der Waals surface area contributed by atoms with E-state index in [9.17, 15) is 14.4 Å². The molecule has 1 spiro atoms. The third kappa shape index (κ3) is 3.70. The number of nitrogens with one attached hydrogen (secondary N) is 1. The molecule has 2 aliphatic rings. The first kappa shape index (κ1) is 18.7. The van der Waals surface area contributed by atoms with E-state index in [1.54, 1.807) is 18.0 Å². The normalized spacial score (nSPS) is 18.5. The summed E-state index contributed by atoms with van der Waals surface area (Å²) >= 11 is 6.13. The summed E-state index contributed by atoms with van der Waals surface area (Å²) in [6.07, 6.45) is 4.10. The molecule has 3 rings (SSSR count). The molecule has 7 heteroatoms. The minimum absolute atomic E-state index is 0.0347. The summed E-state index contributed by atoms with van der Waals surface area (Å²) in [4.78, 5) is 39.9. The van der Waals surface area contributed by atoms with Gasteiger partial charge in [0.1, 0.15) is 5.54 Å². The average Bonchev–Trinajstić information content (AvgIpc) is 3.17. The minimum Gasteiger partial charge on any atom is -0.341 e. The zero-order valence-corrected chi connectivity index (χ0v) is 15.7. The smallest absolute Gasteiger partial charge is 0.325 e. The van der Waals surface area contributed by atoms with Crippen LogP contribution >= 0.6 is 11.6 Å². The van der Waals surface area contributed by atoms with Crippen molar-refractivity contribution in [1.29, 1.82) is 0 Å². The van der Waals surface area contributed by atoms with Crippen LogP contribution in [0.5, 0.6) is 0 Å². The van der Waals surface area contributed by atoms with Gasteiger partial charge in [-0.1, -0.05) is 42.6 Å². The van der Waals surface area contributed by atoms with Crippen molar-refractivity contribution in [2.24, 2.45) is 0 Å². The molecule has 0 radical (unpaired) electrons. The van der Waals surface area contributed by atoms with Crippen LogP contribution in [0, 0.1) is 0 Å². The maximum absolute atomic E-state index is 12.6. The van der Waals surface area contributed by atoms with Crippen LogP contribution in [-0.4, -0.2) is 46.8 Å². The fraction of sp³-hybridized carbons (Fsp3) is 0.526. The Labute approximate surface area is 158 Å². The van der Waals surface area contributed by atoms with Gasteiger partial charge in [-0.3, -0.25) is 14.5 Å². The fourth-order valence-electron chi connectivity index (χ4n) is 3.75. The Bertz CT molecular complexity index is 716. The van der Waals surface area contributed by atoms with Crippen LogP contribution in [0.1, 0.15) is 44.1 Å². The van der Waals surface area contributed by atoms with E-state index in [4.69, 9.17) is 11.6 Å². The lowest BCUT2D eigenvalue weighted by atomic mass is 9.98. The third-order valence-corrected chi connectivity index (χ3v) is 5.64. The van der Waals surface area contributed by atoms with E-state index in [1.807, 2.05) is 18.2 Å².